The highest BCUT2D eigenvalue weighted by Gasteiger charge is 2.56. The molecule has 1 aliphatic carbocycles. The minimum absolute atomic E-state index is 0.0795. The molecule has 0 bridgehead atoms. The van der Waals surface area contributed by atoms with Crippen molar-refractivity contribution in [3.8, 4) is 0 Å². The lowest BCUT2D eigenvalue weighted by molar-refractivity contribution is -0.138. The summed E-state index contributed by atoms with van der Waals surface area (Å²) in [5.41, 5.74) is 3.85. The van der Waals surface area contributed by atoms with E-state index in [1.165, 1.54) is 12.1 Å². The van der Waals surface area contributed by atoms with Crippen LogP contribution in [0.1, 0.15) is 24.0 Å². The molecule has 0 saturated heterocycles. The first kappa shape index (κ1) is 13.3. The summed E-state index contributed by atoms with van der Waals surface area (Å²) in [6.07, 6.45) is -5.45. The van der Waals surface area contributed by atoms with Crippen molar-refractivity contribution in [1.82, 2.24) is 0 Å². The Kier molecular flexibility index (Phi) is 2.88. The molecule has 2 N–H and O–H groups in total. The number of benzene rings is 1. The van der Waals surface area contributed by atoms with Crippen LogP contribution < -0.4 is 5.73 Å². The second kappa shape index (κ2) is 3.91. The Balaban J connectivity index is 2.34. The van der Waals surface area contributed by atoms with Crippen LogP contribution in [0.4, 0.5) is 22.0 Å². The highest BCUT2D eigenvalue weighted by molar-refractivity contribution is 5.35. The van der Waals surface area contributed by atoms with Crippen LogP contribution in [0.2, 0.25) is 0 Å². The van der Waals surface area contributed by atoms with Gasteiger partial charge in [-0.2, -0.15) is 13.2 Å². The Hall–Kier alpha value is -1.17. The molecule has 0 heterocycles. The highest BCUT2D eigenvalue weighted by atomic mass is 19.4. The third-order valence-corrected chi connectivity index (χ3v) is 3.39. The fourth-order valence-electron chi connectivity index (χ4n) is 2.43. The predicted octanol–water partition coefficient (Wildman–Crippen LogP) is 3.33. The smallest absolute Gasteiger partial charge is 0.330 e. The van der Waals surface area contributed by atoms with Gasteiger partial charge in [0.1, 0.15) is 0 Å². The molecule has 0 atom stereocenters. The summed E-state index contributed by atoms with van der Waals surface area (Å²) in [4.78, 5) is 0. The fourth-order valence-corrected chi connectivity index (χ4v) is 2.43. The molecule has 0 radical (unpaired) electrons. The van der Waals surface area contributed by atoms with Crippen molar-refractivity contribution in [2.75, 3.05) is 6.54 Å². The van der Waals surface area contributed by atoms with Gasteiger partial charge in [-0.15, -0.1) is 0 Å². The first-order valence-corrected chi connectivity index (χ1v) is 5.44. The summed E-state index contributed by atoms with van der Waals surface area (Å²) in [6.45, 7) is -0.0795. The molecule has 0 aliphatic heterocycles. The van der Waals surface area contributed by atoms with Crippen molar-refractivity contribution in [3.63, 3.8) is 0 Å². The van der Waals surface area contributed by atoms with Gasteiger partial charge in [0.15, 0.2) is 0 Å². The maximum absolute atomic E-state index is 13.0. The van der Waals surface area contributed by atoms with Gasteiger partial charge >= 0.3 is 6.18 Å². The molecule has 0 amide bonds. The van der Waals surface area contributed by atoms with Gasteiger partial charge in [0, 0.05) is 24.8 Å². The van der Waals surface area contributed by atoms with Crippen LogP contribution in [0.25, 0.3) is 0 Å². The number of halogens is 5. The first-order valence-electron chi connectivity index (χ1n) is 5.44. The number of hydrogen-bond donors (Lipinski definition) is 1. The van der Waals surface area contributed by atoms with E-state index in [-0.39, 0.29) is 12.1 Å². The lowest BCUT2D eigenvalue weighted by Crippen LogP contribution is -2.53. The Bertz CT molecular complexity index is 444. The SMILES string of the molecule is NCC1(c2cccc(C(F)(F)F)c2)CC(F)(F)C1. The lowest BCUT2D eigenvalue weighted by atomic mass is 9.62. The average molecular weight is 265 g/mol. The monoisotopic (exact) mass is 265 g/mol. The quantitative estimate of drug-likeness (QED) is 0.815. The lowest BCUT2D eigenvalue weighted by Gasteiger charge is -2.47. The molecule has 1 saturated carbocycles. The van der Waals surface area contributed by atoms with Gasteiger partial charge < -0.3 is 5.73 Å². The topological polar surface area (TPSA) is 26.0 Å². The van der Waals surface area contributed by atoms with E-state index in [1.54, 1.807) is 0 Å². The van der Waals surface area contributed by atoms with Crippen molar-refractivity contribution < 1.29 is 22.0 Å². The molecule has 1 nitrogen and oxygen atoms in total. The van der Waals surface area contributed by atoms with Gasteiger partial charge in [-0.3, -0.25) is 0 Å². The molecule has 2 rings (SSSR count). The highest BCUT2D eigenvalue weighted by Crippen LogP contribution is 2.53. The maximum Gasteiger partial charge on any atom is 0.416 e. The summed E-state index contributed by atoms with van der Waals surface area (Å²) in [5.74, 6) is -2.83. The summed E-state index contributed by atoms with van der Waals surface area (Å²) in [6, 6.07) is 4.50. The van der Waals surface area contributed by atoms with Gasteiger partial charge in [0.25, 0.3) is 0 Å². The van der Waals surface area contributed by atoms with Crippen LogP contribution in [0.15, 0.2) is 24.3 Å². The number of rotatable bonds is 2. The molecule has 1 aromatic rings. The molecule has 100 valence electrons. The largest absolute Gasteiger partial charge is 0.416 e. The van der Waals surface area contributed by atoms with E-state index >= 15 is 0 Å². The molecule has 18 heavy (non-hydrogen) atoms. The van der Waals surface area contributed by atoms with Crippen LogP contribution in [0.5, 0.6) is 0 Å². The molecular formula is C12H12F5N. The zero-order valence-corrected chi connectivity index (χ0v) is 9.40. The molecule has 0 spiro atoms. The van der Waals surface area contributed by atoms with Gasteiger partial charge in [-0.05, 0) is 11.6 Å². The van der Waals surface area contributed by atoms with E-state index < -0.39 is 35.9 Å². The van der Waals surface area contributed by atoms with Gasteiger partial charge in [-0.25, -0.2) is 8.78 Å². The molecular weight excluding hydrogens is 253 g/mol. The molecule has 6 heteroatoms. The van der Waals surface area contributed by atoms with Crippen LogP contribution in [-0.4, -0.2) is 12.5 Å². The third-order valence-electron chi connectivity index (χ3n) is 3.39. The number of hydrogen-bond acceptors (Lipinski definition) is 1. The number of nitrogens with two attached hydrogens (primary N) is 1. The van der Waals surface area contributed by atoms with E-state index in [9.17, 15) is 22.0 Å². The van der Waals surface area contributed by atoms with Crippen molar-refractivity contribution >= 4 is 0 Å². The zero-order valence-electron chi connectivity index (χ0n) is 9.40. The Labute approximate surface area is 101 Å². The normalized spacial score (nSPS) is 21.4. The summed E-state index contributed by atoms with van der Waals surface area (Å²) in [7, 11) is 0. The summed E-state index contributed by atoms with van der Waals surface area (Å²) in [5, 5.41) is 0. The molecule has 0 aromatic heterocycles. The van der Waals surface area contributed by atoms with Crippen molar-refractivity contribution in [2.24, 2.45) is 5.73 Å². The van der Waals surface area contributed by atoms with E-state index in [1.807, 2.05) is 0 Å². The molecule has 0 unspecified atom stereocenters. The third kappa shape index (κ3) is 2.21. The average Bonchev–Trinajstić information content (AvgIpc) is 2.24. The number of alkyl halides is 5. The summed E-state index contributed by atoms with van der Waals surface area (Å²) < 4.78 is 63.6. The van der Waals surface area contributed by atoms with E-state index in [4.69, 9.17) is 5.73 Å². The maximum atomic E-state index is 13.0. The molecule has 1 aliphatic rings. The fraction of sp³-hybridized carbons (Fsp3) is 0.500. The minimum atomic E-state index is -4.47. The predicted molar refractivity (Wildman–Crippen MR) is 56.4 cm³/mol. The second-order valence-electron chi connectivity index (χ2n) is 4.77. The van der Waals surface area contributed by atoms with Gasteiger partial charge in [-0.1, -0.05) is 18.2 Å². The second-order valence-corrected chi connectivity index (χ2v) is 4.77. The van der Waals surface area contributed by atoms with Crippen LogP contribution in [-0.2, 0) is 11.6 Å². The van der Waals surface area contributed by atoms with Crippen LogP contribution >= 0.6 is 0 Å². The first-order chi connectivity index (χ1) is 8.19. The van der Waals surface area contributed by atoms with E-state index in [2.05, 4.69) is 0 Å². The van der Waals surface area contributed by atoms with Gasteiger partial charge in [0.05, 0.1) is 5.56 Å². The summed E-state index contributed by atoms with van der Waals surface area (Å²) >= 11 is 0. The Morgan fingerprint density at radius 2 is 1.78 bits per heavy atom. The van der Waals surface area contributed by atoms with Crippen molar-refractivity contribution in [2.45, 2.75) is 30.4 Å². The zero-order chi connectivity index (χ0) is 13.6. The Morgan fingerprint density at radius 3 is 2.22 bits per heavy atom. The van der Waals surface area contributed by atoms with E-state index in [0.717, 1.165) is 12.1 Å². The van der Waals surface area contributed by atoms with Gasteiger partial charge in [0.2, 0.25) is 5.92 Å². The van der Waals surface area contributed by atoms with Crippen molar-refractivity contribution in [3.05, 3.63) is 35.4 Å². The van der Waals surface area contributed by atoms with Crippen molar-refractivity contribution in [1.29, 1.82) is 0 Å². The minimum Gasteiger partial charge on any atom is -0.330 e. The standard InChI is InChI=1S/C12H12F5N/c13-11(14)5-10(6-11,7-18)8-2-1-3-9(4-8)12(15,16)17/h1-4H,5-7,18H2. The molecule has 1 fully saturated rings. The van der Waals surface area contributed by atoms with Crippen LogP contribution in [0, 0.1) is 0 Å². The van der Waals surface area contributed by atoms with Crippen LogP contribution in [0.3, 0.4) is 0 Å². The van der Waals surface area contributed by atoms with E-state index in [0.29, 0.717) is 0 Å². The Morgan fingerprint density at radius 1 is 1.17 bits per heavy atom. The molecule has 1 aromatic carbocycles.